The molecular formula is C15H12I3NO4. The van der Waals surface area contributed by atoms with Gasteiger partial charge in [-0.2, -0.15) is 0 Å². The number of carboxylic acid groups (broad SMARTS) is 1. The molecule has 8 heteroatoms. The number of benzene rings is 2. The Morgan fingerprint density at radius 2 is 1.74 bits per heavy atom. The van der Waals surface area contributed by atoms with Gasteiger partial charge in [-0.3, -0.25) is 4.79 Å². The number of hydrogen-bond donors (Lipinski definition) is 3. The van der Waals surface area contributed by atoms with Gasteiger partial charge >= 0.3 is 5.97 Å². The number of phenols is 1. The van der Waals surface area contributed by atoms with Crippen molar-refractivity contribution in [1.29, 1.82) is 0 Å². The van der Waals surface area contributed by atoms with E-state index < -0.39 is 12.0 Å². The summed E-state index contributed by atoms with van der Waals surface area (Å²) < 4.78 is 8.34. The number of carbonyl (C=O) groups is 1. The van der Waals surface area contributed by atoms with Crippen LogP contribution in [0.15, 0.2) is 30.3 Å². The minimum absolute atomic E-state index is 0.209. The van der Waals surface area contributed by atoms with Gasteiger partial charge in [-0.1, -0.05) is 0 Å². The molecule has 122 valence electrons. The van der Waals surface area contributed by atoms with Crippen LogP contribution in [0.1, 0.15) is 5.56 Å². The zero-order valence-corrected chi connectivity index (χ0v) is 18.1. The van der Waals surface area contributed by atoms with Crippen LogP contribution in [0.2, 0.25) is 0 Å². The van der Waals surface area contributed by atoms with Crippen LogP contribution in [0.5, 0.6) is 17.2 Å². The van der Waals surface area contributed by atoms with Gasteiger partial charge in [0.05, 0.1) is 10.7 Å². The van der Waals surface area contributed by atoms with Crippen LogP contribution in [-0.4, -0.2) is 22.2 Å². The van der Waals surface area contributed by atoms with Crippen molar-refractivity contribution in [2.24, 2.45) is 5.73 Å². The normalized spacial score (nSPS) is 12.0. The molecule has 23 heavy (non-hydrogen) atoms. The molecule has 2 aromatic rings. The molecule has 0 fully saturated rings. The van der Waals surface area contributed by atoms with Gasteiger partial charge in [0.1, 0.15) is 17.5 Å². The maximum absolute atomic E-state index is 10.9. The summed E-state index contributed by atoms with van der Waals surface area (Å²) in [5.41, 5.74) is 6.43. The monoisotopic (exact) mass is 645 g/mol. The van der Waals surface area contributed by atoms with E-state index in [1.807, 2.05) is 34.7 Å². The van der Waals surface area contributed by atoms with E-state index in [0.29, 0.717) is 15.1 Å². The molecule has 0 radical (unpaired) electrons. The molecule has 2 aromatic carbocycles. The van der Waals surface area contributed by atoms with Gasteiger partial charge in [-0.15, -0.1) is 0 Å². The molecule has 0 aliphatic rings. The van der Waals surface area contributed by atoms with Crippen LogP contribution in [0.25, 0.3) is 0 Å². The highest BCUT2D eigenvalue weighted by Crippen LogP contribution is 2.34. The predicted molar refractivity (Wildman–Crippen MR) is 112 cm³/mol. The van der Waals surface area contributed by atoms with E-state index in [0.717, 1.165) is 12.7 Å². The number of ether oxygens (including phenoxy) is 1. The number of phenolic OH excluding ortho intramolecular Hbond substituents is 1. The van der Waals surface area contributed by atoms with Crippen molar-refractivity contribution in [2.75, 3.05) is 0 Å². The molecule has 0 aliphatic carbocycles. The minimum Gasteiger partial charge on any atom is -0.507 e. The highest BCUT2D eigenvalue weighted by molar-refractivity contribution is 14.1. The summed E-state index contributed by atoms with van der Waals surface area (Å²) in [5.74, 6) is 0.507. The Morgan fingerprint density at radius 1 is 1.13 bits per heavy atom. The topological polar surface area (TPSA) is 92.8 Å². The highest BCUT2D eigenvalue weighted by atomic mass is 125. The Morgan fingerprint density at radius 3 is 2.26 bits per heavy atom. The molecule has 0 aromatic heterocycles. The fourth-order valence-electron chi connectivity index (χ4n) is 1.84. The van der Waals surface area contributed by atoms with Gasteiger partial charge < -0.3 is 20.7 Å². The summed E-state index contributed by atoms with van der Waals surface area (Å²) in [6.07, 6.45) is 0.263. The van der Waals surface area contributed by atoms with Crippen molar-refractivity contribution in [2.45, 2.75) is 12.5 Å². The van der Waals surface area contributed by atoms with Crippen molar-refractivity contribution < 1.29 is 19.7 Å². The standard InChI is InChI=1S/C15H12I3NO4/c16-9-6-8(1-2-13(9)20)23-14-10(17)3-7(4-11(14)18)5-12(19)15(21)22/h1-4,6,12,20H,5,19H2,(H,21,22)/t12-/m0/s1/i16-2,17-2,18-2. The van der Waals surface area contributed by atoms with Crippen LogP contribution in [-0.2, 0) is 11.2 Å². The van der Waals surface area contributed by atoms with Crippen LogP contribution in [0, 0.1) is 10.7 Å². The van der Waals surface area contributed by atoms with E-state index in [2.05, 4.69) is 45.2 Å². The van der Waals surface area contributed by atoms with Gasteiger partial charge in [0, 0.05) is 0 Å². The van der Waals surface area contributed by atoms with Gasteiger partial charge in [0.25, 0.3) is 0 Å². The van der Waals surface area contributed by atoms with Gasteiger partial charge in [-0.05, 0) is 110 Å². The molecule has 0 aliphatic heterocycles. The van der Waals surface area contributed by atoms with E-state index in [1.165, 1.54) is 0 Å². The third kappa shape index (κ3) is 5.06. The maximum atomic E-state index is 10.9. The second kappa shape index (κ2) is 8.16. The number of rotatable bonds is 5. The quantitative estimate of drug-likeness (QED) is 0.429. The first-order valence-corrected chi connectivity index (χ1v) is 9.64. The first-order valence-electron chi connectivity index (χ1n) is 6.40. The number of aromatic hydroxyl groups is 1. The molecule has 0 saturated carbocycles. The summed E-state index contributed by atoms with van der Waals surface area (Å²) in [6, 6.07) is 7.83. The molecule has 0 heterocycles. The largest absolute Gasteiger partial charge is 0.507 e. The van der Waals surface area contributed by atoms with Gasteiger partial charge in [-0.25, -0.2) is 0 Å². The molecule has 0 amide bonds. The van der Waals surface area contributed by atoms with Crippen LogP contribution in [0.4, 0.5) is 0 Å². The molecule has 0 unspecified atom stereocenters. The average Bonchev–Trinajstić information content (AvgIpc) is 2.46. The van der Waals surface area contributed by atoms with Gasteiger partial charge in [0.15, 0.2) is 5.75 Å². The second-order valence-electron chi connectivity index (χ2n) is 4.75. The fourth-order valence-corrected chi connectivity index (χ4v) is 4.44. The van der Waals surface area contributed by atoms with E-state index in [1.54, 1.807) is 18.2 Å². The molecule has 0 spiro atoms. The smallest absolute Gasteiger partial charge is 0.320 e. The van der Waals surface area contributed by atoms with Crippen molar-refractivity contribution in [3.05, 3.63) is 46.6 Å². The van der Waals surface area contributed by atoms with Crippen molar-refractivity contribution in [1.82, 2.24) is 0 Å². The van der Waals surface area contributed by atoms with Crippen LogP contribution >= 0.6 is 67.8 Å². The molecular weight excluding hydrogens is 633 g/mol. The zero-order chi connectivity index (χ0) is 17.1. The van der Waals surface area contributed by atoms with Crippen LogP contribution < -0.4 is 10.5 Å². The van der Waals surface area contributed by atoms with E-state index in [-0.39, 0.29) is 12.2 Å². The highest BCUT2D eigenvalue weighted by Gasteiger charge is 2.16. The first kappa shape index (κ1) is 19.0. The molecule has 1 atom stereocenters. The molecule has 0 bridgehead atoms. The lowest BCUT2D eigenvalue weighted by Crippen LogP contribution is -2.32. The lowest BCUT2D eigenvalue weighted by atomic mass is 10.1. The number of hydrogen-bond acceptors (Lipinski definition) is 4. The maximum Gasteiger partial charge on any atom is 0.320 e. The molecule has 0 saturated heterocycles. The third-order valence-electron chi connectivity index (χ3n) is 2.97. The number of halogens is 3. The lowest BCUT2D eigenvalue weighted by Gasteiger charge is -2.13. The predicted octanol–water partition coefficient (Wildman–Crippen LogP) is 3.95. The Kier molecular flexibility index (Phi) is 6.74. The Balaban J connectivity index is 2.26. The SMILES string of the molecule is N[C@@H](Cc1cc([125I])c(Oc2ccc(O)c([125I])c2)c([125I])c1)C(=O)O. The van der Waals surface area contributed by atoms with Crippen molar-refractivity contribution >= 4 is 73.7 Å². The Labute approximate surface area is 174 Å². The Hall–Kier alpha value is -0.340. The zero-order valence-electron chi connectivity index (χ0n) is 11.6. The number of nitrogens with two attached hydrogens (primary N) is 1. The minimum atomic E-state index is -1.02. The number of aliphatic carboxylic acids is 1. The summed E-state index contributed by atoms with van der Waals surface area (Å²) >= 11 is 6.33. The van der Waals surface area contributed by atoms with Crippen molar-refractivity contribution in [3.63, 3.8) is 0 Å². The van der Waals surface area contributed by atoms with E-state index in [4.69, 9.17) is 15.6 Å². The number of carboxylic acids is 1. The average molecular weight is 645 g/mol. The third-order valence-corrected chi connectivity index (χ3v) is 5.44. The lowest BCUT2D eigenvalue weighted by molar-refractivity contribution is -0.138. The fraction of sp³-hybridized carbons (Fsp3) is 0.133. The molecule has 5 nitrogen and oxygen atoms in total. The summed E-state index contributed by atoms with van der Waals surface area (Å²) in [5, 5.41) is 18.5. The summed E-state index contributed by atoms with van der Waals surface area (Å²) in [6.45, 7) is 0. The van der Waals surface area contributed by atoms with Gasteiger partial charge in [0.2, 0.25) is 0 Å². The summed E-state index contributed by atoms with van der Waals surface area (Å²) in [4.78, 5) is 10.9. The second-order valence-corrected chi connectivity index (χ2v) is 8.24. The van der Waals surface area contributed by atoms with E-state index >= 15 is 0 Å². The summed E-state index contributed by atoms with van der Waals surface area (Å²) in [7, 11) is 0. The molecule has 2 rings (SSSR count). The van der Waals surface area contributed by atoms with Crippen molar-refractivity contribution in [3.8, 4) is 17.2 Å². The van der Waals surface area contributed by atoms with Crippen LogP contribution in [0.3, 0.4) is 0 Å². The molecule has 4 N–H and O–H groups in total. The van der Waals surface area contributed by atoms with E-state index in [9.17, 15) is 9.90 Å². The first-order chi connectivity index (χ1) is 10.8. The Bertz CT molecular complexity index is 728.